The van der Waals surface area contributed by atoms with Gasteiger partial charge in [-0.3, -0.25) is 14.5 Å². The summed E-state index contributed by atoms with van der Waals surface area (Å²) < 4.78 is 11.2. The topological polar surface area (TPSA) is 76.1 Å². The number of nitrogens with zero attached hydrogens (tertiary/aromatic N) is 1. The molecule has 1 amide bonds. The Hall–Kier alpha value is -4.06. The number of hydrogen-bond acceptors (Lipinski definition) is 5. The molecule has 3 aromatic rings. The molecule has 0 saturated carbocycles. The number of amides is 1. The van der Waals surface area contributed by atoms with E-state index in [-0.39, 0.29) is 17.4 Å². The smallest absolute Gasteiger partial charge is 0.300 e. The molecule has 1 saturated heterocycles. The Morgan fingerprint density at radius 1 is 0.939 bits per heavy atom. The average molecular weight is 443 g/mol. The van der Waals surface area contributed by atoms with Crippen molar-refractivity contribution in [1.29, 1.82) is 0 Å². The Balaban J connectivity index is 1.95. The van der Waals surface area contributed by atoms with Crippen molar-refractivity contribution in [2.75, 3.05) is 12.0 Å². The van der Waals surface area contributed by atoms with Crippen LogP contribution in [0.15, 0.2) is 84.4 Å². The van der Waals surface area contributed by atoms with Gasteiger partial charge in [0.2, 0.25) is 0 Å². The van der Waals surface area contributed by atoms with E-state index >= 15 is 0 Å². The molecule has 0 radical (unpaired) electrons. The zero-order chi connectivity index (χ0) is 23.5. The van der Waals surface area contributed by atoms with Crippen LogP contribution in [0.4, 0.5) is 5.69 Å². The van der Waals surface area contributed by atoms with Gasteiger partial charge in [0.25, 0.3) is 11.7 Å². The molecular formula is C27H25NO5. The average Bonchev–Trinajstić information content (AvgIpc) is 3.09. The Morgan fingerprint density at radius 2 is 1.64 bits per heavy atom. The molecule has 1 aliphatic rings. The van der Waals surface area contributed by atoms with Crippen LogP contribution in [0.3, 0.4) is 0 Å². The predicted octanol–water partition coefficient (Wildman–Crippen LogP) is 5.11. The lowest BCUT2D eigenvalue weighted by Crippen LogP contribution is -2.29. The second-order valence-corrected chi connectivity index (χ2v) is 7.94. The number of Topliss-reactive ketones (excluding diaryl/α,β-unsaturated/α-hetero) is 1. The first-order valence-corrected chi connectivity index (χ1v) is 10.7. The normalized spacial score (nSPS) is 17.5. The number of aliphatic hydroxyl groups is 1. The standard InChI is InChI=1S/C27H25NO5/c1-17(2)33-20-13-9-10-18(16-20)24-23(25(29)21-14-7-8-15-22(21)32-3)26(30)27(31)28(24)19-11-5-4-6-12-19/h4-17,24,29H,1-3H3/b25-23-. The Labute approximate surface area is 192 Å². The van der Waals surface area contributed by atoms with E-state index in [1.807, 2.05) is 32.0 Å². The molecule has 0 aliphatic carbocycles. The van der Waals surface area contributed by atoms with Crippen molar-refractivity contribution in [2.24, 2.45) is 0 Å². The molecular weight excluding hydrogens is 418 g/mol. The SMILES string of the molecule is COc1ccccc1/C(O)=C1/C(=O)C(=O)N(c2ccccc2)C1c1cccc(OC(C)C)c1. The largest absolute Gasteiger partial charge is 0.507 e. The van der Waals surface area contributed by atoms with Crippen molar-refractivity contribution in [3.8, 4) is 11.5 Å². The zero-order valence-corrected chi connectivity index (χ0v) is 18.7. The van der Waals surface area contributed by atoms with E-state index in [1.165, 1.54) is 12.0 Å². The number of carbonyl (C=O) groups excluding carboxylic acids is 2. The molecule has 6 heteroatoms. The van der Waals surface area contributed by atoms with Crippen molar-refractivity contribution in [3.63, 3.8) is 0 Å². The number of anilines is 1. The molecule has 1 fully saturated rings. The molecule has 33 heavy (non-hydrogen) atoms. The minimum atomic E-state index is -0.840. The van der Waals surface area contributed by atoms with Gasteiger partial charge in [0.15, 0.2) is 0 Å². The van der Waals surface area contributed by atoms with E-state index in [2.05, 4.69) is 0 Å². The van der Waals surface area contributed by atoms with Gasteiger partial charge in [-0.2, -0.15) is 0 Å². The summed E-state index contributed by atoms with van der Waals surface area (Å²) in [5.41, 5.74) is 1.53. The summed E-state index contributed by atoms with van der Waals surface area (Å²) >= 11 is 0. The van der Waals surface area contributed by atoms with Gasteiger partial charge < -0.3 is 14.6 Å². The van der Waals surface area contributed by atoms with E-state index in [0.29, 0.717) is 28.3 Å². The number of ketones is 1. The molecule has 6 nitrogen and oxygen atoms in total. The summed E-state index contributed by atoms with van der Waals surface area (Å²) in [6.45, 7) is 3.84. The molecule has 0 bridgehead atoms. The first kappa shape index (κ1) is 22.1. The van der Waals surface area contributed by atoms with Crippen LogP contribution in [0.2, 0.25) is 0 Å². The number of carbonyl (C=O) groups is 2. The van der Waals surface area contributed by atoms with Crippen molar-refractivity contribution in [3.05, 3.63) is 95.6 Å². The number of aliphatic hydroxyl groups excluding tert-OH is 1. The Bertz CT molecular complexity index is 1220. The minimum absolute atomic E-state index is 0.00458. The molecule has 1 unspecified atom stereocenters. The second kappa shape index (κ2) is 9.20. The summed E-state index contributed by atoms with van der Waals surface area (Å²) in [7, 11) is 1.49. The number of para-hydroxylation sites is 2. The lowest BCUT2D eigenvalue weighted by atomic mass is 9.94. The van der Waals surface area contributed by atoms with Crippen LogP contribution >= 0.6 is 0 Å². The van der Waals surface area contributed by atoms with Crippen LogP contribution in [0.5, 0.6) is 11.5 Å². The molecule has 1 N–H and O–H groups in total. The van der Waals surface area contributed by atoms with Gasteiger partial charge in [-0.1, -0.05) is 42.5 Å². The van der Waals surface area contributed by atoms with Crippen LogP contribution in [0.25, 0.3) is 5.76 Å². The summed E-state index contributed by atoms with van der Waals surface area (Å²) in [6.07, 6.45) is -0.0469. The van der Waals surface area contributed by atoms with Crippen molar-refractivity contribution < 1.29 is 24.2 Å². The summed E-state index contributed by atoms with van der Waals surface area (Å²) in [5.74, 6) is -0.750. The molecule has 0 spiro atoms. The van der Waals surface area contributed by atoms with E-state index in [9.17, 15) is 14.7 Å². The third-order valence-electron chi connectivity index (χ3n) is 5.39. The Morgan fingerprint density at radius 3 is 2.33 bits per heavy atom. The van der Waals surface area contributed by atoms with Crippen LogP contribution in [-0.2, 0) is 9.59 Å². The number of rotatable bonds is 6. The van der Waals surface area contributed by atoms with Gasteiger partial charge in [0.05, 0.1) is 30.4 Å². The van der Waals surface area contributed by atoms with E-state index in [1.54, 1.807) is 60.7 Å². The van der Waals surface area contributed by atoms with Crippen LogP contribution in [0, 0.1) is 0 Å². The predicted molar refractivity (Wildman–Crippen MR) is 126 cm³/mol. The lowest BCUT2D eigenvalue weighted by Gasteiger charge is -2.26. The van der Waals surface area contributed by atoms with Crippen LogP contribution in [-0.4, -0.2) is 30.0 Å². The quantitative estimate of drug-likeness (QED) is 0.326. The third-order valence-corrected chi connectivity index (χ3v) is 5.39. The second-order valence-electron chi connectivity index (χ2n) is 7.94. The fourth-order valence-electron chi connectivity index (χ4n) is 4.02. The number of benzene rings is 3. The maximum Gasteiger partial charge on any atom is 0.300 e. The van der Waals surface area contributed by atoms with Gasteiger partial charge in [-0.25, -0.2) is 0 Å². The van der Waals surface area contributed by atoms with Crippen molar-refractivity contribution in [2.45, 2.75) is 26.0 Å². The first-order chi connectivity index (χ1) is 15.9. The Kier molecular flexibility index (Phi) is 6.18. The van der Waals surface area contributed by atoms with Gasteiger partial charge in [-0.05, 0) is 55.8 Å². The summed E-state index contributed by atoms with van der Waals surface area (Å²) in [4.78, 5) is 27.9. The number of hydrogen-bond donors (Lipinski definition) is 1. The molecule has 1 heterocycles. The van der Waals surface area contributed by atoms with Crippen LogP contribution < -0.4 is 14.4 Å². The highest BCUT2D eigenvalue weighted by Crippen LogP contribution is 2.43. The summed E-state index contributed by atoms with van der Waals surface area (Å²) in [5, 5.41) is 11.3. The van der Waals surface area contributed by atoms with Gasteiger partial charge in [-0.15, -0.1) is 0 Å². The minimum Gasteiger partial charge on any atom is -0.507 e. The van der Waals surface area contributed by atoms with Gasteiger partial charge >= 0.3 is 0 Å². The third kappa shape index (κ3) is 4.20. The molecule has 1 atom stereocenters. The fraction of sp³-hybridized carbons (Fsp3) is 0.185. The molecule has 3 aromatic carbocycles. The van der Waals surface area contributed by atoms with Crippen molar-refractivity contribution in [1.82, 2.24) is 0 Å². The maximum atomic E-state index is 13.3. The zero-order valence-electron chi connectivity index (χ0n) is 18.7. The molecule has 1 aliphatic heterocycles. The molecule has 168 valence electrons. The van der Waals surface area contributed by atoms with Crippen LogP contribution in [0.1, 0.15) is 31.0 Å². The van der Waals surface area contributed by atoms with E-state index in [0.717, 1.165) is 0 Å². The van der Waals surface area contributed by atoms with Gasteiger partial charge in [0, 0.05) is 5.69 Å². The highest BCUT2D eigenvalue weighted by molar-refractivity contribution is 6.51. The van der Waals surface area contributed by atoms with Crippen molar-refractivity contribution >= 4 is 23.1 Å². The number of ether oxygens (including phenoxy) is 2. The number of methoxy groups -OCH3 is 1. The monoisotopic (exact) mass is 443 g/mol. The van der Waals surface area contributed by atoms with E-state index < -0.39 is 17.7 Å². The lowest BCUT2D eigenvalue weighted by molar-refractivity contribution is -0.132. The first-order valence-electron chi connectivity index (χ1n) is 10.7. The fourth-order valence-corrected chi connectivity index (χ4v) is 4.02. The molecule has 0 aromatic heterocycles. The molecule has 4 rings (SSSR count). The maximum absolute atomic E-state index is 13.3. The van der Waals surface area contributed by atoms with E-state index in [4.69, 9.17) is 9.47 Å². The highest BCUT2D eigenvalue weighted by atomic mass is 16.5. The van der Waals surface area contributed by atoms with Gasteiger partial charge in [0.1, 0.15) is 17.3 Å². The summed E-state index contributed by atoms with van der Waals surface area (Å²) in [6, 6.07) is 22.2. The highest BCUT2D eigenvalue weighted by Gasteiger charge is 2.47.